The van der Waals surface area contributed by atoms with Gasteiger partial charge in [-0.3, -0.25) is 14.6 Å². The van der Waals surface area contributed by atoms with Crippen molar-refractivity contribution in [2.45, 2.75) is 0 Å². The number of halogens is 1. The number of hydrogen-bond donors (Lipinski definition) is 3. The number of aromatic amines is 1. The minimum absolute atomic E-state index is 0. The van der Waals surface area contributed by atoms with Gasteiger partial charge in [0.1, 0.15) is 11.4 Å². The Hall–Kier alpha value is -1.56. The van der Waals surface area contributed by atoms with Crippen LogP contribution in [0.25, 0.3) is 0 Å². The summed E-state index contributed by atoms with van der Waals surface area (Å²) in [6.45, 7) is 0. The molecule has 0 amide bonds. The van der Waals surface area contributed by atoms with Crippen LogP contribution in [0.2, 0.25) is 0 Å². The van der Waals surface area contributed by atoms with Gasteiger partial charge in [-0.05, 0) is 0 Å². The van der Waals surface area contributed by atoms with E-state index in [0.29, 0.717) is 6.29 Å². The largest absolute Gasteiger partial charge is 0.383 e. The zero-order valence-electron chi connectivity index (χ0n) is 5.90. The fraction of sp³-hybridized carbons (Fsp3) is 0. The van der Waals surface area contributed by atoms with Gasteiger partial charge in [0.2, 0.25) is 5.95 Å². The Morgan fingerprint density at radius 3 is 2.42 bits per heavy atom. The fourth-order valence-electron chi connectivity index (χ4n) is 0.632. The Bertz CT molecular complexity index is 348. The lowest BCUT2D eigenvalue weighted by Gasteiger charge is -1.96. The van der Waals surface area contributed by atoms with Crippen molar-refractivity contribution in [2.75, 3.05) is 11.5 Å². The second-order valence-corrected chi connectivity index (χ2v) is 1.87. The van der Waals surface area contributed by atoms with Gasteiger partial charge in [-0.15, -0.1) is 12.4 Å². The van der Waals surface area contributed by atoms with E-state index >= 15 is 0 Å². The molecule has 0 aliphatic carbocycles. The van der Waals surface area contributed by atoms with Crippen molar-refractivity contribution in [3.8, 4) is 0 Å². The highest BCUT2D eigenvalue weighted by Crippen LogP contribution is 1.98. The molecule has 0 aliphatic rings. The Morgan fingerprint density at radius 1 is 1.42 bits per heavy atom. The lowest BCUT2D eigenvalue weighted by molar-refractivity contribution is 0.112. The number of H-pyrrole nitrogens is 1. The van der Waals surface area contributed by atoms with Crippen molar-refractivity contribution in [1.82, 2.24) is 9.97 Å². The van der Waals surface area contributed by atoms with Gasteiger partial charge < -0.3 is 11.5 Å². The summed E-state index contributed by atoms with van der Waals surface area (Å²) in [7, 11) is 0. The maximum absolute atomic E-state index is 10.8. The quantitative estimate of drug-likeness (QED) is 0.500. The number of nitrogens with zero attached hydrogens (tertiary/aromatic N) is 1. The maximum atomic E-state index is 10.8. The number of aldehydes is 1. The third-order valence-electron chi connectivity index (χ3n) is 1.12. The van der Waals surface area contributed by atoms with E-state index in [4.69, 9.17) is 11.5 Å². The summed E-state index contributed by atoms with van der Waals surface area (Å²) in [5.74, 6) is -0.251. The van der Waals surface area contributed by atoms with E-state index in [0.717, 1.165) is 0 Å². The van der Waals surface area contributed by atoms with Gasteiger partial charge in [-0.1, -0.05) is 0 Å². The number of anilines is 2. The number of carbonyl (C=O) groups is 1. The van der Waals surface area contributed by atoms with Crippen LogP contribution < -0.4 is 17.0 Å². The monoisotopic (exact) mass is 190 g/mol. The molecule has 0 radical (unpaired) electrons. The minimum Gasteiger partial charge on any atom is -0.383 e. The van der Waals surface area contributed by atoms with Gasteiger partial charge in [-0.25, -0.2) is 0 Å². The first-order valence-electron chi connectivity index (χ1n) is 2.75. The molecule has 5 N–H and O–H groups in total. The van der Waals surface area contributed by atoms with Gasteiger partial charge in [0.25, 0.3) is 5.56 Å². The smallest absolute Gasteiger partial charge is 0.265 e. The molecular formula is C5H7ClN4O2. The molecule has 0 atom stereocenters. The normalized spacial score (nSPS) is 8.67. The van der Waals surface area contributed by atoms with E-state index in [1.165, 1.54) is 0 Å². The van der Waals surface area contributed by atoms with Crippen molar-refractivity contribution in [1.29, 1.82) is 0 Å². The third kappa shape index (κ3) is 1.73. The first-order chi connectivity index (χ1) is 5.15. The average Bonchev–Trinajstić information content (AvgIpc) is 1.85. The van der Waals surface area contributed by atoms with Gasteiger partial charge in [0.15, 0.2) is 6.29 Å². The van der Waals surface area contributed by atoms with Crippen LogP contribution in [0.3, 0.4) is 0 Å². The predicted octanol–water partition coefficient (Wildman–Crippen LogP) is -0.831. The molecule has 0 saturated heterocycles. The number of aromatic nitrogens is 2. The van der Waals surface area contributed by atoms with Gasteiger partial charge >= 0.3 is 0 Å². The van der Waals surface area contributed by atoms with E-state index in [1.807, 2.05) is 0 Å². The van der Waals surface area contributed by atoms with Crippen LogP contribution in [0.5, 0.6) is 0 Å². The molecule has 0 aromatic carbocycles. The maximum Gasteiger partial charge on any atom is 0.265 e. The molecule has 7 heteroatoms. The summed E-state index contributed by atoms with van der Waals surface area (Å²) in [6, 6.07) is 0. The van der Waals surface area contributed by atoms with Crippen LogP contribution in [-0.4, -0.2) is 16.3 Å². The van der Waals surface area contributed by atoms with E-state index in [2.05, 4.69) is 9.97 Å². The average molecular weight is 191 g/mol. The first-order valence-corrected chi connectivity index (χ1v) is 2.75. The topological polar surface area (TPSA) is 115 Å². The number of carbonyl (C=O) groups excluding carboxylic acids is 1. The molecule has 1 aromatic heterocycles. The summed E-state index contributed by atoms with van der Waals surface area (Å²) in [5.41, 5.74) is 9.50. The molecule has 12 heavy (non-hydrogen) atoms. The second kappa shape index (κ2) is 3.72. The lowest BCUT2D eigenvalue weighted by Crippen LogP contribution is -2.18. The van der Waals surface area contributed by atoms with Gasteiger partial charge in [-0.2, -0.15) is 4.98 Å². The molecular weight excluding hydrogens is 184 g/mol. The summed E-state index contributed by atoms with van der Waals surface area (Å²) in [6.07, 6.45) is 0.334. The van der Waals surface area contributed by atoms with Gasteiger partial charge in [0.05, 0.1) is 0 Å². The molecule has 0 aliphatic heterocycles. The highest BCUT2D eigenvalue weighted by atomic mass is 35.5. The van der Waals surface area contributed by atoms with Crippen LogP contribution >= 0.6 is 12.4 Å². The number of nitrogens with one attached hydrogen (secondary N) is 1. The standard InChI is InChI=1S/C5H6N4O2.ClH/c6-3-2(1-10)4(11)9-5(7)8-3;/h1H,(H5,6,7,8,9,11);1H. The molecule has 6 nitrogen and oxygen atoms in total. The molecule has 0 spiro atoms. The second-order valence-electron chi connectivity index (χ2n) is 1.87. The zero-order valence-corrected chi connectivity index (χ0v) is 6.72. The molecule has 1 heterocycles. The molecule has 0 saturated carbocycles. The Labute approximate surface area is 73.4 Å². The van der Waals surface area contributed by atoms with Crippen LogP contribution in [0.4, 0.5) is 11.8 Å². The highest BCUT2D eigenvalue weighted by Gasteiger charge is 2.04. The van der Waals surface area contributed by atoms with Crippen LogP contribution in [-0.2, 0) is 0 Å². The van der Waals surface area contributed by atoms with E-state index in [9.17, 15) is 9.59 Å². The number of hydrogen-bond acceptors (Lipinski definition) is 5. The predicted molar refractivity (Wildman–Crippen MR) is 46.3 cm³/mol. The fourth-order valence-corrected chi connectivity index (χ4v) is 0.632. The van der Waals surface area contributed by atoms with Crippen LogP contribution in [0.15, 0.2) is 4.79 Å². The van der Waals surface area contributed by atoms with E-state index in [1.54, 1.807) is 0 Å². The number of rotatable bonds is 1. The van der Waals surface area contributed by atoms with Crippen LogP contribution in [0, 0.1) is 0 Å². The molecule has 0 fully saturated rings. The van der Waals surface area contributed by atoms with Crippen molar-refractivity contribution < 1.29 is 4.79 Å². The SMILES string of the molecule is Cl.Nc1nc(N)c(C=O)c(=O)[nH]1. The van der Waals surface area contributed by atoms with Gasteiger partial charge in [0, 0.05) is 0 Å². The van der Waals surface area contributed by atoms with E-state index < -0.39 is 5.56 Å². The van der Waals surface area contributed by atoms with Crippen molar-refractivity contribution in [3.05, 3.63) is 15.9 Å². The Kier molecular flexibility index (Phi) is 3.24. The summed E-state index contributed by atoms with van der Waals surface area (Å²) >= 11 is 0. The minimum atomic E-state index is -0.620. The summed E-state index contributed by atoms with van der Waals surface area (Å²) < 4.78 is 0. The van der Waals surface area contributed by atoms with Crippen molar-refractivity contribution in [3.63, 3.8) is 0 Å². The summed E-state index contributed by atoms with van der Waals surface area (Å²) in [5, 5.41) is 0. The zero-order chi connectivity index (χ0) is 8.43. The molecule has 1 rings (SSSR count). The van der Waals surface area contributed by atoms with Crippen molar-refractivity contribution >= 4 is 30.5 Å². The number of nitrogen functional groups attached to an aromatic ring is 2. The molecule has 1 aromatic rings. The van der Waals surface area contributed by atoms with Crippen molar-refractivity contribution in [2.24, 2.45) is 0 Å². The highest BCUT2D eigenvalue weighted by molar-refractivity contribution is 5.85. The van der Waals surface area contributed by atoms with E-state index in [-0.39, 0.29) is 29.7 Å². The molecule has 0 unspecified atom stereocenters. The first kappa shape index (κ1) is 10.4. The Balaban J connectivity index is 0.00000121. The van der Waals surface area contributed by atoms with Crippen LogP contribution in [0.1, 0.15) is 10.4 Å². The third-order valence-corrected chi connectivity index (χ3v) is 1.12. The number of nitrogens with two attached hydrogens (primary N) is 2. The molecule has 0 bridgehead atoms. The Morgan fingerprint density at radius 2 is 2.00 bits per heavy atom. The molecule has 66 valence electrons. The summed E-state index contributed by atoms with van der Waals surface area (Å²) in [4.78, 5) is 26.6. The lowest BCUT2D eigenvalue weighted by atomic mass is 10.3.